The van der Waals surface area contributed by atoms with Crippen LogP contribution in [0.5, 0.6) is 0 Å². The standard InChI is InChI=1S/C22H36O3Si/c1-17(2)20-13-12-18(3)14-21(20)24-22(25-26(4,5)6)16-23-15-19-10-8-7-9-11-19/h7-11,16-18,20-21H,12-15H2,1-6H3/b22-16-/t18-,20+,21-/m1/s1. The number of rotatable bonds is 8. The largest absolute Gasteiger partial charge is 0.518 e. The van der Waals surface area contributed by atoms with E-state index in [0.717, 1.165) is 12.0 Å². The molecule has 3 nitrogen and oxygen atoms in total. The van der Waals surface area contributed by atoms with Gasteiger partial charge < -0.3 is 13.9 Å². The first-order valence-corrected chi connectivity index (χ1v) is 13.4. The van der Waals surface area contributed by atoms with E-state index in [-0.39, 0.29) is 6.10 Å². The first-order chi connectivity index (χ1) is 12.2. The fourth-order valence-electron chi connectivity index (χ4n) is 3.56. The van der Waals surface area contributed by atoms with Crippen LogP contribution >= 0.6 is 0 Å². The summed E-state index contributed by atoms with van der Waals surface area (Å²) in [6.07, 6.45) is 5.51. The molecular formula is C22H36O3Si. The minimum atomic E-state index is -1.77. The molecule has 0 saturated heterocycles. The van der Waals surface area contributed by atoms with Crippen molar-refractivity contribution in [2.45, 2.75) is 72.4 Å². The van der Waals surface area contributed by atoms with Gasteiger partial charge in [-0.3, -0.25) is 0 Å². The van der Waals surface area contributed by atoms with Crippen LogP contribution in [0.2, 0.25) is 19.6 Å². The zero-order chi connectivity index (χ0) is 19.2. The molecule has 0 radical (unpaired) electrons. The second-order valence-corrected chi connectivity index (χ2v) is 13.4. The van der Waals surface area contributed by atoms with Crippen LogP contribution in [0.25, 0.3) is 0 Å². The molecule has 0 spiro atoms. The molecule has 0 aromatic heterocycles. The van der Waals surface area contributed by atoms with E-state index in [1.807, 2.05) is 18.2 Å². The Morgan fingerprint density at radius 1 is 1.15 bits per heavy atom. The van der Waals surface area contributed by atoms with E-state index in [9.17, 15) is 0 Å². The van der Waals surface area contributed by atoms with Gasteiger partial charge in [0.1, 0.15) is 12.7 Å². The summed E-state index contributed by atoms with van der Waals surface area (Å²) in [5.41, 5.74) is 1.14. The van der Waals surface area contributed by atoms with Crippen molar-refractivity contribution in [2.24, 2.45) is 17.8 Å². The van der Waals surface area contributed by atoms with Gasteiger partial charge >= 0.3 is 5.95 Å². The Morgan fingerprint density at radius 3 is 2.46 bits per heavy atom. The van der Waals surface area contributed by atoms with Gasteiger partial charge in [-0.05, 0) is 55.8 Å². The van der Waals surface area contributed by atoms with Gasteiger partial charge in [-0.1, -0.05) is 57.5 Å². The Labute approximate surface area is 160 Å². The number of benzene rings is 1. The molecule has 3 atom stereocenters. The van der Waals surface area contributed by atoms with Gasteiger partial charge in [0.05, 0.1) is 0 Å². The summed E-state index contributed by atoms with van der Waals surface area (Å²) in [6, 6.07) is 10.2. The van der Waals surface area contributed by atoms with Crippen molar-refractivity contribution >= 4 is 8.32 Å². The third-order valence-electron chi connectivity index (χ3n) is 4.91. The topological polar surface area (TPSA) is 27.7 Å². The smallest absolute Gasteiger partial charge is 0.302 e. The summed E-state index contributed by atoms with van der Waals surface area (Å²) in [5.74, 6) is 2.46. The van der Waals surface area contributed by atoms with Crippen LogP contribution in [0.1, 0.15) is 45.6 Å². The van der Waals surface area contributed by atoms with Gasteiger partial charge in [0.15, 0.2) is 6.26 Å². The van der Waals surface area contributed by atoms with E-state index in [0.29, 0.717) is 30.3 Å². The predicted molar refractivity (Wildman–Crippen MR) is 110 cm³/mol. The fourth-order valence-corrected chi connectivity index (χ4v) is 4.26. The molecule has 0 amide bonds. The lowest BCUT2D eigenvalue weighted by Crippen LogP contribution is -2.36. The summed E-state index contributed by atoms with van der Waals surface area (Å²) < 4.78 is 18.4. The van der Waals surface area contributed by atoms with E-state index in [2.05, 4.69) is 52.5 Å². The Kier molecular flexibility index (Phi) is 7.63. The van der Waals surface area contributed by atoms with Gasteiger partial charge in [-0.15, -0.1) is 0 Å². The zero-order valence-electron chi connectivity index (χ0n) is 17.3. The van der Waals surface area contributed by atoms with Crippen LogP contribution in [0.3, 0.4) is 0 Å². The van der Waals surface area contributed by atoms with Crippen LogP contribution in [0, 0.1) is 17.8 Å². The fraction of sp³-hybridized carbons (Fsp3) is 0.636. The van der Waals surface area contributed by atoms with Gasteiger partial charge in [0.25, 0.3) is 0 Å². The molecule has 1 fully saturated rings. The third-order valence-corrected chi connectivity index (χ3v) is 5.72. The minimum Gasteiger partial charge on any atom is -0.518 e. The van der Waals surface area contributed by atoms with Crippen molar-refractivity contribution in [1.29, 1.82) is 0 Å². The van der Waals surface area contributed by atoms with E-state index >= 15 is 0 Å². The molecular weight excluding hydrogens is 340 g/mol. The summed E-state index contributed by atoms with van der Waals surface area (Å²) >= 11 is 0. The summed E-state index contributed by atoms with van der Waals surface area (Å²) in [6.45, 7) is 14.0. The van der Waals surface area contributed by atoms with Gasteiger partial charge in [0.2, 0.25) is 8.32 Å². The van der Waals surface area contributed by atoms with Crippen LogP contribution in [-0.2, 0) is 20.5 Å². The average molecular weight is 377 g/mol. The van der Waals surface area contributed by atoms with Gasteiger partial charge in [0, 0.05) is 0 Å². The first-order valence-electron chi connectivity index (χ1n) is 9.96. The van der Waals surface area contributed by atoms with Crippen LogP contribution in [-0.4, -0.2) is 14.4 Å². The van der Waals surface area contributed by atoms with Gasteiger partial charge in [-0.2, -0.15) is 0 Å². The summed E-state index contributed by atoms with van der Waals surface area (Å²) in [5, 5.41) is 0. The summed E-state index contributed by atoms with van der Waals surface area (Å²) in [4.78, 5) is 0. The highest BCUT2D eigenvalue weighted by atomic mass is 28.4. The molecule has 1 aliphatic carbocycles. The van der Waals surface area contributed by atoms with Crippen molar-refractivity contribution in [3.8, 4) is 0 Å². The Bertz CT molecular complexity index is 563. The maximum absolute atomic E-state index is 6.40. The Morgan fingerprint density at radius 2 is 1.85 bits per heavy atom. The molecule has 26 heavy (non-hydrogen) atoms. The van der Waals surface area contributed by atoms with Crippen molar-refractivity contribution in [2.75, 3.05) is 0 Å². The van der Waals surface area contributed by atoms with Gasteiger partial charge in [-0.25, -0.2) is 0 Å². The minimum absolute atomic E-state index is 0.210. The molecule has 1 aliphatic rings. The van der Waals surface area contributed by atoms with Crippen molar-refractivity contribution in [3.05, 3.63) is 48.1 Å². The molecule has 1 saturated carbocycles. The van der Waals surface area contributed by atoms with Crippen molar-refractivity contribution in [3.63, 3.8) is 0 Å². The molecule has 0 aliphatic heterocycles. The van der Waals surface area contributed by atoms with E-state index in [1.165, 1.54) is 12.8 Å². The molecule has 1 aromatic carbocycles. The molecule has 0 bridgehead atoms. The maximum Gasteiger partial charge on any atom is 0.302 e. The SMILES string of the molecule is CC(C)[C@@H]1CC[C@@H](C)C[C@H]1O/C(=C/OCc1ccccc1)O[Si](C)(C)C. The molecule has 0 heterocycles. The molecule has 2 rings (SSSR count). The highest BCUT2D eigenvalue weighted by Gasteiger charge is 2.33. The molecule has 1 aromatic rings. The molecule has 4 heteroatoms. The molecule has 0 unspecified atom stereocenters. The van der Waals surface area contributed by atoms with E-state index < -0.39 is 8.32 Å². The maximum atomic E-state index is 6.40. The average Bonchev–Trinajstić information content (AvgIpc) is 2.54. The monoisotopic (exact) mass is 376 g/mol. The van der Waals surface area contributed by atoms with E-state index in [1.54, 1.807) is 6.26 Å². The highest BCUT2D eigenvalue weighted by molar-refractivity contribution is 6.69. The van der Waals surface area contributed by atoms with E-state index in [4.69, 9.17) is 13.9 Å². The lowest BCUT2D eigenvalue weighted by molar-refractivity contribution is -0.0456. The first kappa shape index (κ1) is 20.9. The lowest BCUT2D eigenvalue weighted by Gasteiger charge is -2.38. The molecule has 0 N–H and O–H groups in total. The number of ether oxygens (including phenoxy) is 2. The van der Waals surface area contributed by atoms with Crippen LogP contribution < -0.4 is 0 Å². The zero-order valence-corrected chi connectivity index (χ0v) is 18.3. The molecule has 146 valence electrons. The Hall–Kier alpha value is -1.42. The third kappa shape index (κ3) is 7.06. The van der Waals surface area contributed by atoms with Crippen LogP contribution in [0.4, 0.5) is 0 Å². The Balaban J connectivity index is 2.06. The summed E-state index contributed by atoms with van der Waals surface area (Å²) in [7, 11) is -1.77. The predicted octanol–water partition coefficient (Wildman–Crippen LogP) is 6.33. The normalized spacial score (nSPS) is 24.4. The number of hydrogen-bond donors (Lipinski definition) is 0. The van der Waals surface area contributed by atoms with Crippen molar-refractivity contribution < 1.29 is 13.9 Å². The lowest BCUT2D eigenvalue weighted by atomic mass is 9.75. The second-order valence-electron chi connectivity index (χ2n) is 8.93. The van der Waals surface area contributed by atoms with Crippen LogP contribution in [0.15, 0.2) is 42.5 Å². The highest BCUT2D eigenvalue weighted by Crippen LogP contribution is 2.36. The quantitative estimate of drug-likeness (QED) is 0.392. The van der Waals surface area contributed by atoms with Crippen molar-refractivity contribution in [1.82, 2.24) is 0 Å². The number of hydrogen-bond acceptors (Lipinski definition) is 3. The second kappa shape index (κ2) is 9.49.